The van der Waals surface area contributed by atoms with Crippen molar-refractivity contribution in [2.45, 2.75) is 0 Å². The fraction of sp³-hybridized carbons (Fsp3) is 0. The normalized spacial score (nSPS) is 10.6. The highest BCUT2D eigenvalue weighted by Crippen LogP contribution is 2.06. The Balaban J connectivity index is 2.02. The number of halogens is 2. The molecule has 96 valence electrons. The number of carbonyl (C=O) groups excluding carboxylic acids is 1. The third-order valence-corrected chi connectivity index (χ3v) is 2.26. The summed E-state index contributed by atoms with van der Waals surface area (Å²) in [5.74, 6) is -1.89. The van der Waals surface area contributed by atoms with Gasteiger partial charge in [-0.1, -0.05) is 0 Å². The smallest absolute Gasteiger partial charge is 0.267 e. The van der Waals surface area contributed by atoms with E-state index < -0.39 is 17.5 Å². The summed E-state index contributed by atoms with van der Waals surface area (Å²) in [5, 5.41) is 3.59. The summed E-state index contributed by atoms with van der Waals surface area (Å²) in [6, 6.07) is 6.25. The zero-order chi connectivity index (χ0) is 13.7. The van der Waals surface area contributed by atoms with Crippen molar-refractivity contribution in [3.63, 3.8) is 0 Å². The monoisotopic (exact) mass is 261 g/mol. The summed E-state index contributed by atoms with van der Waals surface area (Å²) in [6.45, 7) is 0. The highest BCUT2D eigenvalue weighted by atomic mass is 19.1. The van der Waals surface area contributed by atoms with Crippen LogP contribution in [0.3, 0.4) is 0 Å². The molecule has 4 nitrogen and oxygen atoms in total. The number of nitrogens with one attached hydrogen (secondary N) is 1. The molecule has 19 heavy (non-hydrogen) atoms. The SMILES string of the molecule is O=C(N/N=C\c1ccc(F)cc1F)c1cccnc1. The molecule has 1 N–H and O–H groups in total. The molecule has 0 saturated carbocycles. The predicted molar refractivity (Wildman–Crippen MR) is 65.7 cm³/mol. The van der Waals surface area contributed by atoms with Crippen LogP contribution in [0.25, 0.3) is 0 Å². The maximum absolute atomic E-state index is 13.2. The van der Waals surface area contributed by atoms with Crippen LogP contribution >= 0.6 is 0 Å². The fourth-order valence-corrected chi connectivity index (χ4v) is 1.33. The van der Waals surface area contributed by atoms with E-state index >= 15 is 0 Å². The van der Waals surface area contributed by atoms with E-state index in [0.29, 0.717) is 5.56 Å². The molecule has 0 unspecified atom stereocenters. The molecule has 1 aromatic heterocycles. The molecular formula is C13H9F2N3O. The number of hydrazone groups is 1. The van der Waals surface area contributed by atoms with E-state index in [1.807, 2.05) is 0 Å². The highest BCUT2D eigenvalue weighted by Gasteiger charge is 2.03. The summed E-state index contributed by atoms with van der Waals surface area (Å²) in [5.41, 5.74) is 2.63. The first kappa shape index (κ1) is 12.8. The number of pyridine rings is 1. The molecule has 0 aliphatic rings. The lowest BCUT2D eigenvalue weighted by atomic mass is 10.2. The van der Waals surface area contributed by atoms with Crippen molar-refractivity contribution in [1.29, 1.82) is 0 Å². The molecule has 0 aliphatic heterocycles. The zero-order valence-electron chi connectivity index (χ0n) is 9.68. The molecule has 0 bridgehead atoms. The summed E-state index contributed by atoms with van der Waals surface area (Å²) in [4.78, 5) is 15.3. The van der Waals surface area contributed by atoms with Crippen LogP contribution in [0.5, 0.6) is 0 Å². The van der Waals surface area contributed by atoms with E-state index in [2.05, 4.69) is 15.5 Å². The Bertz CT molecular complexity index is 615. The first-order valence-electron chi connectivity index (χ1n) is 5.35. The summed E-state index contributed by atoms with van der Waals surface area (Å²) < 4.78 is 25.9. The molecule has 0 saturated heterocycles. The number of amides is 1. The van der Waals surface area contributed by atoms with Crippen molar-refractivity contribution in [3.8, 4) is 0 Å². The predicted octanol–water partition coefficient (Wildman–Crippen LogP) is 2.12. The Labute approximate surface area is 107 Å². The quantitative estimate of drug-likeness (QED) is 0.679. The number of rotatable bonds is 3. The summed E-state index contributed by atoms with van der Waals surface area (Å²) >= 11 is 0. The van der Waals surface area contributed by atoms with Crippen molar-refractivity contribution in [2.75, 3.05) is 0 Å². The van der Waals surface area contributed by atoms with Gasteiger partial charge in [0.25, 0.3) is 5.91 Å². The Morgan fingerprint density at radius 3 is 2.84 bits per heavy atom. The third kappa shape index (κ3) is 3.41. The van der Waals surface area contributed by atoms with Gasteiger partial charge in [0.05, 0.1) is 11.8 Å². The first-order valence-corrected chi connectivity index (χ1v) is 5.35. The van der Waals surface area contributed by atoms with E-state index in [0.717, 1.165) is 18.3 Å². The van der Waals surface area contributed by atoms with Crippen molar-refractivity contribution < 1.29 is 13.6 Å². The summed E-state index contributed by atoms with van der Waals surface area (Å²) in [7, 11) is 0. The number of benzene rings is 1. The maximum atomic E-state index is 13.2. The first-order chi connectivity index (χ1) is 9.16. The Kier molecular flexibility index (Phi) is 3.92. The molecule has 2 aromatic rings. The third-order valence-electron chi connectivity index (χ3n) is 2.26. The van der Waals surface area contributed by atoms with Gasteiger partial charge in [0.2, 0.25) is 0 Å². The number of carbonyl (C=O) groups is 1. The van der Waals surface area contributed by atoms with Crippen LogP contribution in [0.4, 0.5) is 8.78 Å². The van der Waals surface area contributed by atoms with Gasteiger partial charge in [-0.15, -0.1) is 0 Å². The number of hydrogen-bond acceptors (Lipinski definition) is 3. The molecule has 0 aliphatic carbocycles. The maximum Gasteiger partial charge on any atom is 0.272 e. The standard InChI is InChI=1S/C13H9F2N3O/c14-11-4-3-9(12(15)6-11)8-17-18-13(19)10-2-1-5-16-7-10/h1-8H,(H,18,19)/b17-8-. The zero-order valence-corrected chi connectivity index (χ0v) is 9.68. The molecule has 1 aromatic carbocycles. The molecule has 0 radical (unpaired) electrons. The molecule has 0 spiro atoms. The second kappa shape index (κ2) is 5.81. The Hall–Kier alpha value is -2.63. The molecule has 1 heterocycles. The molecule has 0 fully saturated rings. The van der Waals surface area contributed by atoms with Crippen molar-refractivity contribution in [2.24, 2.45) is 5.10 Å². The van der Waals surface area contributed by atoms with E-state index in [4.69, 9.17) is 0 Å². The number of hydrogen-bond donors (Lipinski definition) is 1. The Morgan fingerprint density at radius 1 is 1.32 bits per heavy atom. The van der Waals surface area contributed by atoms with Crippen molar-refractivity contribution >= 4 is 12.1 Å². The lowest BCUT2D eigenvalue weighted by molar-refractivity contribution is 0.0954. The van der Waals surface area contributed by atoms with Crippen LogP contribution in [-0.2, 0) is 0 Å². The Morgan fingerprint density at radius 2 is 2.16 bits per heavy atom. The second-order valence-corrected chi connectivity index (χ2v) is 3.61. The van der Waals surface area contributed by atoms with Gasteiger partial charge in [0.15, 0.2) is 0 Å². The van der Waals surface area contributed by atoms with Crippen LogP contribution in [-0.4, -0.2) is 17.1 Å². The minimum absolute atomic E-state index is 0.0767. The van der Waals surface area contributed by atoms with E-state index in [-0.39, 0.29) is 5.56 Å². The van der Waals surface area contributed by atoms with E-state index in [9.17, 15) is 13.6 Å². The second-order valence-electron chi connectivity index (χ2n) is 3.61. The van der Waals surface area contributed by atoms with Gasteiger partial charge in [0.1, 0.15) is 11.6 Å². The minimum Gasteiger partial charge on any atom is -0.267 e. The van der Waals surface area contributed by atoms with Gasteiger partial charge in [-0.05, 0) is 24.3 Å². The van der Waals surface area contributed by atoms with Gasteiger partial charge in [-0.3, -0.25) is 9.78 Å². The molecule has 0 atom stereocenters. The van der Waals surface area contributed by atoms with Gasteiger partial charge < -0.3 is 0 Å². The van der Waals surface area contributed by atoms with Gasteiger partial charge in [0, 0.05) is 24.0 Å². The molecule has 6 heteroatoms. The average molecular weight is 261 g/mol. The number of aromatic nitrogens is 1. The van der Waals surface area contributed by atoms with Crippen LogP contribution < -0.4 is 5.43 Å². The van der Waals surface area contributed by atoms with Gasteiger partial charge in [-0.25, -0.2) is 14.2 Å². The van der Waals surface area contributed by atoms with Crippen LogP contribution in [0.1, 0.15) is 15.9 Å². The topological polar surface area (TPSA) is 54.4 Å². The van der Waals surface area contributed by atoms with Gasteiger partial charge in [-0.2, -0.15) is 5.10 Å². The van der Waals surface area contributed by atoms with E-state index in [1.165, 1.54) is 18.5 Å². The molecule has 1 amide bonds. The highest BCUT2D eigenvalue weighted by molar-refractivity contribution is 5.94. The van der Waals surface area contributed by atoms with Crippen molar-refractivity contribution in [1.82, 2.24) is 10.4 Å². The lowest BCUT2D eigenvalue weighted by Gasteiger charge is -1.99. The van der Waals surface area contributed by atoms with Crippen LogP contribution in [0.2, 0.25) is 0 Å². The van der Waals surface area contributed by atoms with Crippen LogP contribution in [0, 0.1) is 11.6 Å². The number of nitrogens with zero attached hydrogens (tertiary/aromatic N) is 2. The average Bonchev–Trinajstić information content (AvgIpc) is 2.42. The lowest BCUT2D eigenvalue weighted by Crippen LogP contribution is -2.17. The van der Waals surface area contributed by atoms with Gasteiger partial charge >= 0.3 is 0 Å². The van der Waals surface area contributed by atoms with Crippen LogP contribution in [0.15, 0.2) is 47.8 Å². The molecular weight excluding hydrogens is 252 g/mol. The summed E-state index contributed by atoms with van der Waals surface area (Å²) in [6.07, 6.45) is 4.01. The fourth-order valence-electron chi connectivity index (χ4n) is 1.33. The molecule has 2 rings (SSSR count). The largest absolute Gasteiger partial charge is 0.272 e. The van der Waals surface area contributed by atoms with Crippen molar-refractivity contribution in [3.05, 3.63) is 65.5 Å². The minimum atomic E-state index is -0.751. The van der Waals surface area contributed by atoms with E-state index in [1.54, 1.807) is 12.1 Å².